The van der Waals surface area contributed by atoms with Crippen molar-refractivity contribution in [2.75, 3.05) is 7.11 Å². The van der Waals surface area contributed by atoms with Gasteiger partial charge in [-0.05, 0) is 19.4 Å². The van der Waals surface area contributed by atoms with Gasteiger partial charge in [-0.15, -0.1) is 10.2 Å². The summed E-state index contributed by atoms with van der Waals surface area (Å²) in [5, 5.41) is 10.7. The summed E-state index contributed by atoms with van der Waals surface area (Å²) in [6.07, 6.45) is -0.0977. The van der Waals surface area contributed by atoms with E-state index in [0.29, 0.717) is 18.1 Å². The molecule has 24 heavy (non-hydrogen) atoms. The Hall–Kier alpha value is -2.35. The number of alkyl carbamates (subject to hydrolysis) is 1. The lowest BCUT2D eigenvalue weighted by molar-refractivity contribution is -0.119. The number of benzene rings is 1. The third kappa shape index (κ3) is 4.58. The molecule has 1 atom stereocenters. The maximum atomic E-state index is 11.9. The molecule has 0 saturated heterocycles. The van der Waals surface area contributed by atoms with Gasteiger partial charge < -0.3 is 9.30 Å². The number of ether oxygens (including phenoxy) is 1. The van der Waals surface area contributed by atoms with Gasteiger partial charge >= 0.3 is 6.09 Å². The maximum absolute atomic E-state index is 11.9. The van der Waals surface area contributed by atoms with Crippen LogP contribution in [0.1, 0.15) is 25.2 Å². The third-order valence-electron chi connectivity index (χ3n) is 3.38. The molecule has 1 aromatic carbocycles. The Morgan fingerprint density at radius 2 is 2.00 bits per heavy atom. The summed E-state index contributed by atoms with van der Waals surface area (Å²) < 4.78 is 6.40. The molecule has 8 heteroatoms. The van der Waals surface area contributed by atoms with Crippen molar-refractivity contribution in [2.45, 2.75) is 37.2 Å². The maximum Gasteiger partial charge on any atom is 0.413 e. The first-order chi connectivity index (χ1) is 11.5. The number of hydrogen-bond acceptors (Lipinski definition) is 6. The molecule has 0 bridgehead atoms. The molecule has 2 amide bonds. The first-order valence-corrected chi connectivity index (χ1v) is 8.44. The minimum absolute atomic E-state index is 0.429. The quantitative estimate of drug-likeness (QED) is 0.806. The number of carbonyl (C=O) groups excluding carboxylic acids is 2. The molecule has 128 valence electrons. The molecular weight excluding hydrogens is 328 g/mol. The Bertz CT molecular complexity index is 703. The van der Waals surface area contributed by atoms with E-state index in [0.717, 1.165) is 11.4 Å². The Labute approximate surface area is 144 Å². The van der Waals surface area contributed by atoms with Crippen LogP contribution in [0, 0.1) is 0 Å². The summed E-state index contributed by atoms with van der Waals surface area (Å²) in [6.45, 7) is 4.40. The summed E-state index contributed by atoms with van der Waals surface area (Å²) in [4.78, 5) is 23.0. The van der Waals surface area contributed by atoms with E-state index in [1.165, 1.54) is 18.9 Å². The van der Waals surface area contributed by atoms with E-state index in [4.69, 9.17) is 0 Å². The zero-order valence-electron chi connectivity index (χ0n) is 13.9. The lowest BCUT2D eigenvalue weighted by Crippen LogP contribution is -2.36. The van der Waals surface area contributed by atoms with Gasteiger partial charge in [-0.2, -0.15) is 0 Å². The van der Waals surface area contributed by atoms with Crippen LogP contribution in [0.4, 0.5) is 4.79 Å². The van der Waals surface area contributed by atoms with E-state index >= 15 is 0 Å². The van der Waals surface area contributed by atoms with Gasteiger partial charge in [0.05, 0.1) is 12.4 Å². The number of imide groups is 1. The highest BCUT2D eigenvalue weighted by Crippen LogP contribution is 2.23. The van der Waals surface area contributed by atoms with E-state index < -0.39 is 17.3 Å². The third-order valence-corrected chi connectivity index (χ3v) is 4.46. The Morgan fingerprint density at radius 1 is 1.29 bits per heavy atom. The summed E-state index contributed by atoms with van der Waals surface area (Å²) in [5.74, 6) is 0.411. The van der Waals surface area contributed by atoms with E-state index in [1.807, 2.05) is 41.8 Å². The number of nitrogens with one attached hydrogen (secondary N) is 1. The highest BCUT2D eigenvalue weighted by molar-refractivity contribution is 8.00. The van der Waals surface area contributed by atoms with E-state index in [1.54, 1.807) is 6.92 Å². The van der Waals surface area contributed by atoms with Crippen LogP contribution in [0.3, 0.4) is 0 Å². The van der Waals surface area contributed by atoms with Crippen LogP contribution in [-0.4, -0.2) is 39.1 Å². The molecule has 0 radical (unpaired) electrons. The molecule has 7 nitrogen and oxygen atoms in total. The van der Waals surface area contributed by atoms with Crippen LogP contribution in [-0.2, 0) is 22.5 Å². The Morgan fingerprint density at radius 3 is 2.62 bits per heavy atom. The van der Waals surface area contributed by atoms with Gasteiger partial charge in [0.25, 0.3) is 0 Å². The second-order valence-electron chi connectivity index (χ2n) is 5.05. The van der Waals surface area contributed by atoms with Crippen molar-refractivity contribution in [2.24, 2.45) is 0 Å². The predicted molar refractivity (Wildman–Crippen MR) is 90.8 cm³/mol. The fourth-order valence-electron chi connectivity index (χ4n) is 2.10. The lowest BCUT2D eigenvalue weighted by atomic mass is 10.1. The summed E-state index contributed by atoms with van der Waals surface area (Å²) in [5.41, 5.74) is 1.15. The zero-order valence-corrected chi connectivity index (χ0v) is 14.7. The van der Waals surface area contributed by atoms with Crippen molar-refractivity contribution >= 4 is 23.8 Å². The fraction of sp³-hybridized carbons (Fsp3) is 0.375. The summed E-state index contributed by atoms with van der Waals surface area (Å²) in [7, 11) is 1.21. The lowest BCUT2D eigenvalue weighted by Gasteiger charge is -2.11. The zero-order chi connectivity index (χ0) is 17.5. The number of methoxy groups -OCH3 is 1. The highest BCUT2D eigenvalue weighted by Gasteiger charge is 2.21. The van der Waals surface area contributed by atoms with Crippen molar-refractivity contribution < 1.29 is 14.3 Å². The average molecular weight is 348 g/mol. The summed E-state index contributed by atoms with van der Waals surface area (Å²) >= 11 is 1.26. The first-order valence-electron chi connectivity index (χ1n) is 7.56. The number of amides is 2. The van der Waals surface area contributed by atoms with Crippen molar-refractivity contribution in [1.29, 1.82) is 0 Å². The number of nitrogens with zero attached hydrogens (tertiary/aromatic N) is 3. The molecule has 2 rings (SSSR count). The standard InChI is InChI=1S/C16H20N4O3S/c1-4-20-13(10-12-8-6-5-7-9-12)18-19-15(20)24-11(2)14(21)17-16(22)23-3/h5-9,11H,4,10H2,1-3H3,(H,17,21,22)/t11-/m0/s1. The van der Waals surface area contributed by atoms with Gasteiger partial charge in [0, 0.05) is 13.0 Å². The molecule has 0 aliphatic heterocycles. The van der Waals surface area contributed by atoms with Gasteiger partial charge in [-0.25, -0.2) is 4.79 Å². The first kappa shape index (κ1) is 18.0. The molecule has 0 spiro atoms. The number of hydrogen-bond donors (Lipinski definition) is 1. The number of thioether (sulfide) groups is 1. The fourth-order valence-corrected chi connectivity index (χ4v) is 3.03. The highest BCUT2D eigenvalue weighted by atomic mass is 32.2. The van der Waals surface area contributed by atoms with Gasteiger partial charge in [0.15, 0.2) is 5.16 Å². The van der Waals surface area contributed by atoms with Crippen molar-refractivity contribution in [1.82, 2.24) is 20.1 Å². The van der Waals surface area contributed by atoms with Crippen molar-refractivity contribution in [3.63, 3.8) is 0 Å². The van der Waals surface area contributed by atoms with Crippen LogP contribution >= 0.6 is 11.8 Å². The second kappa shape index (κ2) is 8.49. The average Bonchev–Trinajstić information content (AvgIpc) is 2.96. The van der Waals surface area contributed by atoms with Gasteiger partial charge in [-0.1, -0.05) is 42.1 Å². The molecule has 0 saturated carbocycles. The molecule has 1 heterocycles. The van der Waals surface area contributed by atoms with Crippen LogP contribution in [0.5, 0.6) is 0 Å². The normalized spacial score (nSPS) is 11.8. The molecule has 0 aliphatic carbocycles. The molecule has 0 aliphatic rings. The van der Waals surface area contributed by atoms with Crippen LogP contribution in [0.15, 0.2) is 35.5 Å². The minimum atomic E-state index is -0.769. The number of carbonyl (C=O) groups is 2. The Kier molecular flexibility index (Phi) is 6.36. The van der Waals surface area contributed by atoms with Gasteiger partial charge in [-0.3, -0.25) is 10.1 Å². The molecule has 0 unspecified atom stereocenters. The smallest absolute Gasteiger partial charge is 0.413 e. The van der Waals surface area contributed by atoms with Crippen LogP contribution in [0.2, 0.25) is 0 Å². The van der Waals surface area contributed by atoms with E-state index in [-0.39, 0.29) is 0 Å². The van der Waals surface area contributed by atoms with Crippen molar-refractivity contribution in [3.05, 3.63) is 41.7 Å². The molecular formula is C16H20N4O3S. The number of rotatable bonds is 6. The molecule has 1 aromatic heterocycles. The topological polar surface area (TPSA) is 86.1 Å². The summed E-state index contributed by atoms with van der Waals surface area (Å²) in [6, 6.07) is 10.0. The Balaban J connectivity index is 2.08. The monoisotopic (exact) mass is 348 g/mol. The largest absolute Gasteiger partial charge is 0.453 e. The SMILES string of the molecule is CCn1c(Cc2ccccc2)nnc1S[C@@H](C)C(=O)NC(=O)OC. The van der Waals surface area contributed by atoms with E-state index in [9.17, 15) is 9.59 Å². The molecule has 1 N–H and O–H groups in total. The molecule has 0 fully saturated rings. The number of aromatic nitrogens is 3. The second-order valence-corrected chi connectivity index (χ2v) is 6.35. The van der Waals surface area contributed by atoms with Crippen LogP contribution in [0.25, 0.3) is 0 Å². The molecule has 2 aromatic rings. The van der Waals surface area contributed by atoms with Gasteiger partial charge in [0.2, 0.25) is 5.91 Å². The van der Waals surface area contributed by atoms with Crippen LogP contribution < -0.4 is 5.32 Å². The van der Waals surface area contributed by atoms with Crippen molar-refractivity contribution in [3.8, 4) is 0 Å². The predicted octanol–water partition coefficient (Wildman–Crippen LogP) is 2.25. The van der Waals surface area contributed by atoms with Gasteiger partial charge in [0.1, 0.15) is 5.82 Å². The van der Waals surface area contributed by atoms with E-state index in [2.05, 4.69) is 20.3 Å². The minimum Gasteiger partial charge on any atom is -0.453 e.